The molecule has 1 saturated carbocycles. The maximum absolute atomic E-state index is 12.4. The van der Waals surface area contributed by atoms with Crippen molar-refractivity contribution in [2.24, 2.45) is 5.41 Å². The van der Waals surface area contributed by atoms with E-state index in [2.05, 4.69) is 40.1 Å². The third-order valence-corrected chi connectivity index (χ3v) is 6.64. The summed E-state index contributed by atoms with van der Waals surface area (Å²) in [6, 6.07) is 11.9. The predicted molar refractivity (Wildman–Crippen MR) is 105 cm³/mol. The highest BCUT2D eigenvalue weighted by Crippen LogP contribution is 2.47. The molecule has 1 aliphatic carbocycles. The van der Waals surface area contributed by atoms with Gasteiger partial charge < -0.3 is 9.80 Å². The minimum absolute atomic E-state index is 0.291. The summed E-state index contributed by atoms with van der Waals surface area (Å²) in [5, 5.41) is 0. The van der Waals surface area contributed by atoms with E-state index >= 15 is 0 Å². The van der Waals surface area contributed by atoms with Crippen LogP contribution in [0.1, 0.15) is 43.6 Å². The first-order valence-corrected chi connectivity index (χ1v) is 10.3. The van der Waals surface area contributed by atoms with Crippen molar-refractivity contribution in [3.63, 3.8) is 0 Å². The van der Waals surface area contributed by atoms with Crippen LogP contribution in [0.25, 0.3) is 0 Å². The fraction of sp³-hybridized carbons (Fsp3) is 0.682. The zero-order valence-corrected chi connectivity index (χ0v) is 16.4. The van der Waals surface area contributed by atoms with Gasteiger partial charge in [0.2, 0.25) is 5.91 Å². The molecule has 4 nitrogen and oxygen atoms in total. The summed E-state index contributed by atoms with van der Waals surface area (Å²) in [6.45, 7) is 4.88. The summed E-state index contributed by atoms with van der Waals surface area (Å²) in [4.78, 5) is 19.3. The molecule has 2 aliphatic heterocycles. The molecular formula is C22H33N3O. The Morgan fingerprint density at radius 3 is 2.46 bits per heavy atom. The molecule has 1 aromatic carbocycles. The van der Waals surface area contributed by atoms with Gasteiger partial charge in [0.05, 0.1) is 6.54 Å². The number of nitrogens with zero attached hydrogens (tertiary/aromatic N) is 3. The molecule has 26 heavy (non-hydrogen) atoms. The van der Waals surface area contributed by atoms with E-state index in [9.17, 15) is 4.79 Å². The number of carbonyl (C=O) groups excluding carboxylic acids is 1. The Hall–Kier alpha value is -1.39. The fourth-order valence-electron chi connectivity index (χ4n) is 5.06. The molecule has 4 rings (SSSR count). The third-order valence-electron chi connectivity index (χ3n) is 6.64. The second-order valence-electron chi connectivity index (χ2n) is 9.09. The van der Waals surface area contributed by atoms with Gasteiger partial charge in [0.15, 0.2) is 0 Å². The highest BCUT2D eigenvalue weighted by atomic mass is 16.2. The largest absolute Gasteiger partial charge is 0.342 e. The summed E-state index contributed by atoms with van der Waals surface area (Å²) < 4.78 is 0. The lowest BCUT2D eigenvalue weighted by Gasteiger charge is -2.50. The quantitative estimate of drug-likeness (QED) is 0.831. The molecular weight excluding hydrogens is 322 g/mol. The van der Waals surface area contributed by atoms with E-state index in [1.165, 1.54) is 50.8 Å². The van der Waals surface area contributed by atoms with Gasteiger partial charge in [-0.3, -0.25) is 9.69 Å². The van der Waals surface area contributed by atoms with Crippen LogP contribution in [0.15, 0.2) is 30.3 Å². The first kappa shape index (κ1) is 18.0. The van der Waals surface area contributed by atoms with Gasteiger partial charge in [-0.1, -0.05) is 30.3 Å². The van der Waals surface area contributed by atoms with Gasteiger partial charge in [-0.2, -0.15) is 0 Å². The van der Waals surface area contributed by atoms with E-state index in [-0.39, 0.29) is 0 Å². The number of amides is 1. The van der Waals surface area contributed by atoms with Crippen molar-refractivity contribution < 1.29 is 4.79 Å². The minimum Gasteiger partial charge on any atom is -0.342 e. The van der Waals surface area contributed by atoms with Gasteiger partial charge >= 0.3 is 0 Å². The lowest BCUT2D eigenvalue weighted by atomic mass is 9.68. The first-order valence-electron chi connectivity index (χ1n) is 10.3. The van der Waals surface area contributed by atoms with Crippen molar-refractivity contribution in [2.75, 3.05) is 46.8 Å². The van der Waals surface area contributed by atoms with Crippen LogP contribution in [0.3, 0.4) is 0 Å². The predicted octanol–water partition coefficient (Wildman–Crippen LogP) is 2.81. The maximum Gasteiger partial charge on any atom is 0.236 e. The Morgan fingerprint density at radius 2 is 1.85 bits per heavy atom. The van der Waals surface area contributed by atoms with Gasteiger partial charge in [-0.05, 0) is 63.1 Å². The summed E-state index contributed by atoms with van der Waals surface area (Å²) in [5.41, 5.74) is 1.90. The molecule has 2 heterocycles. The Kier molecular flexibility index (Phi) is 5.07. The lowest BCUT2D eigenvalue weighted by Crippen LogP contribution is -2.53. The maximum atomic E-state index is 12.4. The summed E-state index contributed by atoms with van der Waals surface area (Å²) >= 11 is 0. The van der Waals surface area contributed by atoms with Crippen molar-refractivity contribution in [3.8, 4) is 0 Å². The zero-order chi connectivity index (χ0) is 18.1. The molecule has 3 aliphatic rings. The van der Waals surface area contributed by atoms with Crippen LogP contribution in [0, 0.1) is 5.41 Å². The van der Waals surface area contributed by atoms with E-state index in [1.807, 2.05) is 19.0 Å². The Balaban J connectivity index is 1.46. The third kappa shape index (κ3) is 3.96. The van der Waals surface area contributed by atoms with Crippen LogP contribution in [-0.2, 0) is 4.79 Å². The number of piperidine rings is 2. The molecule has 4 heteroatoms. The zero-order valence-electron chi connectivity index (χ0n) is 16.4. The van der Waals surface area contributed by atoms with Crippen LogP contribution < -0.4 is 0 Å². The Labute approximate surface area is 158 Å². The van der Waals surface area contributed by atoms with Crippen molar-refractivity contribution in [2.45, 2.75) is 44.1 Å². The van der Waals surface area contributed by atoms with E-state index in [1.54, 1.807) is 0 Å². The van der Waals surface area contributed by atoms with Crippen molar-refractivity contribution >= 4 is 5.91 Å². The molecule has 1 atom stereocenters. The average molecular weight is 356 g/mol. The number of likely N-dealkylation sites (N-methyl/N-ethyl adjacent to an activating group) is 1. The first-order chi connectivity index (χ1) is 12.5. The van der Waals surface area contributed by atoms with Gasteiger partial charge in [-0.25, -0.2) is 0 Å². The van der Waals surface area contributed by atoms with E-state index in [0.29, 0.717) is 23.8 Å². The van der Waals surface area contributed by atoms with Crippen LogP contribution in [0.4, 0.5) is 0 Å². The van der Waals surface area contributed by atoms with Gasteiger partial charge in [0.25, 0.3) is 0 Å². The fourth-order valence-corrected chi connectivity index (χ4v) is 5.06. The Morgan fingerprint density at radius 1 is 1.15 bits per heavy atom. The summed E-state index contributed by atoms with van der Waals surface area (Å²) in [7, 11) is 3.95. The molecule has 3 fully saturated rings. The van der Waals surface area contributed by atoms with Crippen molar-refractivity contribution in [3.05, 3.63) is 35.9 Å². The number of likely N-dealkylation sites (tertiary alicyclic amines) is 2. The van der Waals surface area contributed by atoms with Crippen LogP contribution >= 0.6 is 0 Å². The minimum atomic E-state index is 0.291. The Bertz CT molecular complexity index is 618. The molecule has 0 radical (unpaired) electrons. The summed E-state index contributed by atoms with van der Waals surface area (Å²) in [6.07, 6.45) is 6.38. The normalized spacial score (nSPS) is 26.4. The number of carbonyl (C=O) groups is 1. The van der Waals surface area contributed by atoms with Gasteiger partial charge in [-0.15, -0.1) is 0 Å². The molecule has 1 amide bonds. The van der Waals surface area contributed by atoms with E-state index in [4.69, 9.17) is 0 Å². The molecule has 0 aromatic heterocycles. The number of hydrogen-bond donors (Lipinski definition) is 0. The summed E-state index contributed by atoms with van der Waals surface area (Å²) in [5.74, 6) is 0.939. The average Bonchev–Trinajstić information content (AvgIpc) is 3.47. The van der Waals surface area contributed by atoms with E-state index < -0.39 is 0 Å². The SMILES string of the molecule is CN(C)CC(=O)N1CCC2(CC1)C[C@H](c1ccccc1)CN(C1CC1)C2. The molecule has 0 bridgehead atoms. The lowest BCUT2D eigenvalue weighted by molar-refractivity contribution is -0.135. The van der Waals surface area contributed by atoms with E-state index in [0.717, 1.165) is 19.1 Å². The van der Waals surface area contributed by atoms with Crippen LogP contribution in [0.2, 0.25) is 0 Å². The molecule has 1 spiro atoms. The monoisotopic (exact) mass is 355 g/mol. The molecule has 2 saturated heterocycles. The topological polar surface area (TPSA) is 26.8 Å². The molecule has 0 unspecified atom stereocenters. The molecule has 142 valence electrons. The standard InChI is InChI=1S/C22H33N3O/c1-23(2)16-21(26)24-12-10-22(11-13-24)14-19(18-6-4-3-5-7-18)15-25(17-22)20-8-9-20/h3-7,19-20H,8-17H2,1-2H3/t19-/m0/s1. The molecule has 0 N–H and O–H groups in total. The second kappa shape index (κ2) is 7.32. The van der Waals surface area contributed by atoms with Crippen LogP contribution in [-0.4, -0.2) is 73.5 Å². The van der Waals surface area contributed by atoms with Gasteiger partial charge in [0, 0.05) is 32.2 Å². The van der Waals surface area contributed by atoms with Crippen molar-refractivity contribution in [1.29, 1.82) is 0 Å². The second-order valence-corrected chi connectivity index (χ2v) is 9.09. The highest BCUT2D eigenvalue weighted by molar-refractivity contribution is 5.78. The highest BCUT2D eigenvalue weighted by Gasteiger charge is 2.45. The number of rotatable bonds is 4. The number of hydrogen-bond acceptors (Lipinski definition) is 3. The smallest absolute Gasteiger partial charge is 0.236 e. The number of benzene rings is 1. The molecule has 1 aromatic rings. The van der Waals surface area contributed by atoms with Crippen molar-refractivity contribution in [1.82, 2.24) is 14.7 Å². The van der Waals surface area contributed by atoms with Gasteiger partial charge in [0.1, 0.15) is 0 Å². The van der Waals surface area contributed by atoms with Crippen LogP contribution in [0.5, 0.6) is 0 Å².